The number of para-hydroxylation sites is 1. The zero-order valence-corrected chi connectivity index (χ0v) is 16.2. The molecule has 29 heavy (non-hydrogen) atoms. The number of nitrogens with one attached hydrogen (secondary N) is 1. The lowest BCUT2D eigenvalue weighted by atomic mass is 10.1. The van der Waals surface area contributed by atoms with Crippen LogP contribution in [-0.4, -0.2) is 56.1 Å². The van der Waals surface area contributed by atoms with Crippen LogP contribution in [0.4, 0.5) is 14.6 Å². The minimum Gasteiger partial charge on any atom is -0.379 e. The summed E-state index contributed by atoms with van der Waals surface area (Å²) in [6.07, 6.45) is 0. The van der Waals surface area contributed by atoms with Crippen molar-refractivity contribution >= 4 is 17.5 Å². The molecule has 0 bridgehead atoms. The highest BCUT2D eigenvalue weighted by atomic mass is 19.2. The molecular formula is C21H23F2N3O3. The third kappa shape index (κ3) is 4.96. The summed E-state index contributed by atoms with van der Waals surface area (Å²) < 4.78 is 34.2. The van der Waals surface area contributed by atoms with Gasteiger partial charge in [-0.2, -0.15) is 0 Å². The van der Waals surface area contributed by atoms with Gasteiger partial charge in [-0.1, -0.05) is 28.7 Å². The fourth-order valence-electron chi connectivity index (χ4n) is 3.19. The number of carbonyl (C=O) groups excluding carboxylic acids is 2. The molecule has 1 saturated heterocycles. The van der Waals surface area contributed by atoms with Crippen molar-refractivity contribution in [1.82, 2.24) is 10.2 Å². The predicted molar refractivity (Wildman–Crippen MR) is 105 cm³/mol. The fraction of sp³-hybridized carbons (Fsp3) is 0.333. The van der Waals surface area contributed by atoms with E-state index in [2.05, 4.69) is 10.2 Å². The summed E-state index contributed by atoms with van der Waals surface area (Å²) in [6, 6.07) is 9.77. The summed E-state index contributed by atoms with van der Waals surface area (Å²) in [4.78, 5) is 27.3. The van der Waals surface area contributed by atoms with E-state index < -0.39 is 23.2 Å². The molecule has 0 radical (unpaired) electrons. The quantitative estimate of drug-likeness (QED) is 0.754. The van der Waals surface area contributed by atoms with Crippen molar-refractivity contribution in [3.63, 3.8) is 0 Å². The summed E-state index contributed by atoms with van der Waals surface area (Å²) in [5.74, 6) is -2.49. The maximum Gasteiger partial charge on any atom is 0.289 e. The molecule has 0 atom stereocenters. The van der Waals surface area contributed by atoms with Gasteiger partial charge >= 0.3 is 0 Å². The number of ether oxygens (including phenoxy) is 1. The Bertz CT molecular complexity index is 885. The highest BCUT2D eigenvalue weighted by Gasteiger charge is 2.26. The van der Waals surface area contributed by atoms with E-state index in [9.17, 15) is 14.0 Å². The second-order valence-electron chi connectivity index (χ2n) is 6.75. The van der Waals surface area contributed by atoms with Gasteiger partial charge in [0.1, 0.15) is 5.82 Å². The molecule has 2 aromatic carbocycles. The average molecular weight is 403 g/mol. The van der Waals surface area contributed by atoms with Gasteiger partial charge in [0.15, 0.2) is 0 Å². The number of aryl methyl sites for hydroxylation is 1. The molecule has 0 aromatic heterocycles. The smallest absolute Gasteiger partial charge is 0.289 e. The monoisotopic (exact) mass is 403 g/mol. The van der Waals surface area contributed by atoms with Gasteiger partial charge in [0, 0.05) is 26.2 Å². The van der Waals surface area contributed by atoms with Crippen molar-refractivity contribution in [2.24, 2.45) is 0 Å². The second-order valence-corrected chi connectivity index (χ2v) is 6.75. The number of hydrogen-bond acceptors (Lipinski definition) is 4. The lowest BCUT2D eigenvalue weighted by molar-refractivity contribution is 0.0383. The molecular weight excluding hydrogens is 380 g/mol. The second kappa shape index (κ2) is 9.58. The maximum atomic E-state index is 15.0. The van der Waals surface area contributed by atoms with Gasteiger partial charge < -0.3 is 10.1 Å². The Labute approximate surface area is 168 Å². The number of benzene rings is 2. The molecule has 8 heteroatoms. The third-order valence-corrected chi connectivity index (χ3v) is 4.78. The normalized spacial score (nSPS) is 14.4. The Balaban J connectivity index is 1.75. The van der Waals surface area contributed by atoms with Crippen LogP contribution in [0.3, 0.4) is 0 Å². The number of halogens is 2. The first kappa shape index (κ1) is 20.9. The molecule has 0 unspecified atom stereocenters. The molecule has 2 amide bonds. The van der Waals surface area contributed by atoms with Gasteiger partial charge in [-0.3, -0.25) is 14.5 Å². The summed E-state index contributed by atoms with van der Waals surface area (Å²) >= 11 is 0. The Morgan fingerprint density at radius 2 is 1.79 bits per heavy atom. The number of amides is 2. The molecule has 3 rings (SSSR count). The lowest BCUT2D eigenvalue weighted by Crippen LogP contribution is -2.41. The minimum atomic E-state index is -1.17. The first-order valence-electron chi connectivity index (χ1n) is 9.41. The van der Waals surface area contributed by atoms with Crippen LogP contribution >= 0.6 is 0 Å². The molecule has 0 spiro atoms. The van der Waals surface area contributed by atoms with E-state index in [4.69, 9.17) is 4.74 Å². The van der Waals surface area contributed by atoms with Gasteiger partial charge in [0.2, 0.25) is 0 Å². The molecule has 1 aliphatic rings. The topological polar surface area (TPSA) is 61.9 Å². The van der Waals surface area contributed by atoms with Crippen molar-refractivity contribution in [3.05, 3.63) is 65.0 Å². The van der Waals surface area contributed by atoms with E-state index in [0.717, 1.165) is 19.2 Å². The summed E-state index contributed by atoms with van der Waals surface area (Å²) in [7, 11) is 0. The fourth-order valence-corrected chi connectivity index (χ4v) is 3.19. The highest BCUT2D eigenvalue weighted by Crippen LogP contribution is 2.28. The zero-order chi connectivity index (χ0) is 20.8. The van der Waals surface area contributed by atoms with Gasteiger partial charge in [-0.25, -0.2) is 4.39 Å². The van der Waals surface area contributed by atoms with E-state index in [-0.39, 0.29) is 16.4 Å². The van der Waals surface area contributed by atoms with Crippen LogP contribution in [-0.2, 0) is 4.74 Å². The van der Waals surface area contributed by atoms with E-state index in [1.807, 2.05) is 0 Å². The Hall–Kier alpha value is -2.84. The van der Waals surface area contributed by atoms with Crippen LogP contribution in [0.25, 0.3) is 0 Å². The molecule has 1 heterocycles. The van der Waals surface area contributed by atoms with Crippen molar-refractivity contribution in [2.75, 3.05) is 44.5 Å². The Morgan fingerprint density at radius 1 is 1.10 bits per heavy atom. The zero-order valence-electron chi connectivity index (χ0n) is 16.2. The van der Waals surface area contributed by atoms with Crippen molar-refractivity contribution < 1.29 is 23.2 Å². The number of rotatable bonds is 6. The van der Waals surface area contributed by atoms with Gasteiger partial charge in [-0.15, -0.1) is 5.12 Å². The number of morpholine rings is 1. The number of hydrogen-bond donors (Lipinski definition) is 1. The number of anilines is 1. The molecule has 0 aliphatic carbocycles. The molecule has 6 nitrogen and oxygen atoms in total. The Morgan fingerprint density at radius 3 is 2.52 bits per heavy atom. The van der Waals surface area contributed by atoms with Crippen molar-refractivity contribution in [3.8, 4) is 0 Å². The van der Waals surface area contributed by atoms with E-state index in [1.54, 1.807) is 19.1 Å². The molecule has 1 aliphatic heterocycles. The van der Waals surface area contributed by atoms with E-state index in [1.165, 1.54) is 24.3 Å². The van der Waals surface area contributed by atoms with Crippen LogP contribution in [0.2, 0.25) is 0 Å². The van der Waals surface area contributed by atoms with Crippen LogP contribution in [0.5, 0.6) is 0 Å². The van der Waals surface area contributed by atoms with E-state index >= 15 is 4.48 Å². The molecule has 1 fully saturated rings. The van der Waals surface area contributed by atoms with Gasteiger partial charge in [0.05, 0.1) is 30.0 Å². The van der Waals surface area contributed by atoms with Gasteiger partial charge in [-0.05, 0) is 30.7 Å². The minimum absolute atomic E-state index is 0.0131. The standard InChI is InChI=1S/C21H23F2N3O3/c1-15-5-4-7-17(20(27)24-9-10-25-11-13-29-14-12-25)19(15)26(23)21(28)16-6-2-3-8-18(16)22/h2-8H,9-14H2,1H3,(H,24,27). The SMILES string of the molecule is Cc1cccc(C(=O)NCCN2CCOCC2)c1N(F)C(=O)c1ccccc1F. The third-order valence-electron chi connectivity index (χ3n) is 4.78. The molecule has 154 valence electrons. The highest BCUT2D eigenvalue weighted by molar-refractivity contribution is 6.09. The first-order valence-corrected chi connectivity index (χ1v) is 9.41. The molecule has 1 N–H and O–H groups in total. The van der Waals surface area contributed by atoms with Crippen molar-refractivity contribution in [2.45, 2.75) is 6.92 Å². The predicted octanol–water partition coefficient (Wildman–Crippen LogP) is 2.73. The summed E-state index contributed by atoms with van der Waals surface area (Å²) in [5, 5.41) is 2.60. The average Bonchev–Trinajstić information content (AvgIpc) is 2.73. The Kier molecular flexibility index (Phi) is 6.90. The van der Waals surface area contributed by atoms with Crippen molar-refractivity contribution in [1.29, 1.82) is 0 Å². The summed E-state index contributed by atoms with van der Waals surface area (Å²) in [5.41, 5.74) is -0.196. The van der Waals surface area contributed by atoms with Crippen LogP contribution < -0.4 is 10.4 Å². The van der Waals surface area contributed by atoms with Crippen LogP contribution in [0.15, 0.2) is 42.5 Å². The number of carbonyl (C=O) groups is 2. The van der Waals surface area contributed by atoms with Gasteiger partial charge in [0.25, 0.3) is 11.8 Å². The lowest BCUT2D eigenvalue weighted by Gasteiger charge is -2.26. The number of nitrogens with zero attached hydrogens (tertiary/aromatic N) is 2. The molecule has 0 saturated carbocycles. The maximum absolute atomic E-state index is 15.0. The van der Waals surface area contributed by atoms with Crippen LogP contribution in [0.1, 0.15) is 26.3 Å². The van der Waals surface area contributed by atoms with Crippen LogP contribution in [0, 0.1) is 12.7 Å². The summed E-state index contributed by atoms with van der Waals surface area (Å²) in [6.45, 7) is 5.50. The largest absolute Gasteiger partial charge is 0.379 e. The molecule has 2 aromatic rings. The van der Waals surface area contributed by atoms with E-state index in [0.29, 0.717) is 31.9 Å². The first-order chi connectivity index (χ1) is 14.0.